The lowest BCUT2D eigenvalue weighted by atomic mass is 9.98. The average molecular weight is 398 g/mol. The van der Waals surface area contributed by atoms with Gasteiger partial charge in [0.25, 0.3) is 5.91 Å². The third kappa shape index (κ3) is 4.18. The van der Waals surface area contributed by atoms with Crippen molar-refractivity contribution in [3.63, 3.8) is 0 Å². The van der Waals surface area contributed by atoms with Gasteiger partial charge in [0, 0.05) is 17.5 Å². The van der Waals surface area contributed by atoms with Crippen LogP contribution in [0, 0.1) is 6.92 Å². The Bertz CT molecular complexity index is 1120. The van der Waals surface area contributed by atoms with Gasteiger partial charge in [0.2, 0.25) is 0 Å². The Balaban J connectivity index is 1.58. The standard InChI is InChI=1S/C26H27N3O/c1-4-6-24(21-8-5-7-17(2)13-21)29-26(30)25-15-20(11-12-27-25)19-9-10-22-16-28-18(3)23(22)14-19/h5,7-15,24H,4,6,16H2,1-3H3,(H,29,30). The summed E-state index contributed by atoms with van der Waals surface area (Å²) >= 11 is 0. The van der Waals surface area contributed by atoms with Gasteiger partial charge in [-0.05, 0) is 60.7 Å². The molecule has 0 aliphatic carbocycles. The summed E-state index contributed by atoms with van der Waals surface area (Å²) < 4.78 is 0. The Morgan fingerprint density at radius 2 is 1.90 bits per heavy atom. The van der Waals surface area contributed by atoms with E-state index in [-0.39, 0.29) is 11.9 Å². The van der Waals surface area contributed by atoms with E-state index in [1.807, 2.05) is 25.1 Å². The van der Waals surface area contributed by atoms with Crippen LogP contribution in [0.5, 0.6) is 0 Å². The Kier molecular flexibility index (Phi) is 5.75. The zero-order valence-electron chi connectivity index (χ0n) is 17.8. The van der Waals surface area contributed by atoms with Gasteiger partial charge in [0.05, 0.1) is 12.6 Å². The van der Waals surface area contributed by atoms with Crippen molar-refractivity contribution in [2.45, 2.75) is 46.2 Å². The fraction of sp³-hybridized carbons (Fsp3) is 0.269. The molecule has 1 aromatic heterocycles. The molecule has 1 amide bonds. The van der Waals surface area contributed by atoms with Crippen molar-refractivity contribution in [2.75, 3.05) is 0 Å². The lowest BCUT2D eigenvalue weighted by Crippen LogP contribution is -2.29. The van der Waals surface area contributed by atoms with Crippen LogP contribution in [-0.4, -0.2) is 16.6 Å². The van der Waals surface area contributed by atoms with E-state index in [2.05, 4.69) is 65.5 Å². The van der Waals surface area contributed by atoms with Crippen molar-refractivity contribution in [2.24, 2.45) is 4.99 Å². The highest BCUT2D eigenvalue weighted by molar-refractivity contribution is 6.03. The van der Waals surface area contributed by atoms with E-state index in [1.165, 1.54) is 16.7 Å². The van der Waals surface area contributed by atoms with Crippen molar-refractivity contribution < 1.29 is 4.79 Å². The van der Waals surface area contributed by atoms with Gasteiger partial charge in [-0.3, -0.25) is 14.8 Å². The third-order valence-corrected chi connectivity index (χ3v) is 5.64. The molecule has 0 spiro atoms. The summed E-state index contributed by atoms with van der Waals surface area (Å²) in [6.45, 7) is 7.00. The molecule has 1 atom stereocenters. The maximum Gasteiger partial charge on any atom is 0.270 e. The maximum atomic E-state index is 13.0. The van der Waals surface area contributed by atoms with E-state index < -0.39 is 0 Å². The molecule has 30 heavy (non-hydrogen) atoms. The number of pyridine rings is 1. The molecule has 4 nitrogen and oxygen atoms in total. The van der Waals surface area contributed by atoms with Crippen LogP contribution in [0.2, 0.25) is 0 Å². The van der Waals surface area contributed by atoms with E-state index in [9.17, 15) is 4.79 Å². The number of amides is 1. The number of benzene rings is 2. The minimum absolute atomic E-state index is 0.0216. The smallest absolute Gasteiger partial charge is 0.270 e. The normalized spacial score (nSPS) is 13.5. The number of hydrogen-bond acceptors (Lipinski definition) is 3. The summed E-state index contributed by atoms with van der Waals surface area (Å²) in [7, 11) is 0. The van der Waals surface area contributed by atoms with Crippen LogP contribution in [0.4, 0.5) is 0 Å². The lowest BCUT2D eigenvalue weighted by molar-refractivity contribution is 0.0929. The fourth-order valence-electron chi connectivity index (χ4n) is 3.98. The number of carbonyl (C=O) groups is 1. The van der Waals surface area contributed by atoms with Crippen LogP contribution in [0.1, 0.15) is 65.5 Å². The van der Waals surface area contributed by atoms with Crippen molar-refractivity contribution in [3.05, 3.63) is 88.7 Å². The summed E-state index contributed by atoms with van der Waals surface area (Å²) in [5, 5.41) is 3.18. The van der Waals surface area contributed by atoms with E-state index >= 15 is 0 Å². The van der Waals surface area contributed by atoms with E-state index in [0.717, 1.165) is 41.8 Å². The van der Waals surface area contributed by atoms with Crippen molar-refractivity contribution >= 4 is 11.6 Å². The maximum absolute atomic E-state index is 13.0. The van der Waals surface area contributed by atoms with Gasteiger partial charge in [0.1, 0.15) is 5.69 Å². The van der Waals surface area contributed by atoms with E-state index in [1.54, 1.807) is 6.20 Å². The Hall–Kier alpha value is -3.27. The second kappa shape index (κ2) is 8.62. The van der Waals surface area contributed by atoms with Crippen molar-refractivity contribution in [1.82, 2.24) is 10.3 Å². The molecule has 0 radical (unpaired) electrons. The Morgan fingerprint density at radius 3 is 2.70 bits per heavy atom. The minimum Gasteiger partial charge on any atom is -0.344 e. The monoisotopic (exact) mass is 397 g/mol. The van der Waals surface area contributed by atoms with Crippen molar-refractivity contribution in [3.8, 4) is 11.1 Å². The number of hydrogen-bond donors (Lipinski definition) is 1. The number of aliphatic imine (C=N–C) groups is 1. The molecule has 2 heterocycles. The molecule has 152 valence electrons. The van der Waals surface area contributed by atoms with Gasteiger partial charge < -0.3 is 5.32 Å². The molecular weight excluding hydrogens is 370 g/mol. The van der Waals surface area contributed by atoms with Crippen LogP contribution in [0.3, 0.4) is 0 Å². The Morgan fingerprint density at radius 1 is 1.07 bits per heavy atom. The predicted octanol–water partition coefficient (Wildman–Crippen LogP) is 5.65. The SMILES string of the molecule is CCCC(NC(=O)c1cc(-c2ccc3c(c2)C(C)=NC3)ccn1)c1cccc(C)c1. The molecule has 0 fully saturated rings. The highest BCUT2D eigenvalue weighted by Gasteiger charge is 2.18. The van der Waals surface area contributed by atoms with Gasteiger partial charge in [0.15, 0.2) is 0 Å². The number of nitrogens with one attached hydrogen (secondary N) is 1. The molecule has 0 saturated carbocycles. The Labute approximate surface area is 178 Å². The zero-order chi connectivity index (χ0) is 21.1. The van der Waals surface area contributed by atoms with Crippen LogP contribution < -0.4 is 5.32 Å². The number of nitrogens with zero attached hydrogens (tertiary/aromatic N) is 2. The molecule has 1 aliphatic rings. The summed E-state index contributed by atoms with van der Waals surface area (Å²) in [6.07, 6.45) is 3.58. The fourth-order valence-corrected chi connectivity index (χ4v) is 3.98. The average Bonchev–Trinajstić information content (AvgIpc) is 3.13. The van der Waals surface area contributed by atoms with Gasteiger partial charge in [-0.2, -0.15) is 0 Å². The van der Waals surface area contributed by atoms with Crippen LogP contribution >= 0.6 is 0 Å². The molecule has 4 heteroatoms. The van der Waals surface area contributed by atoms with E-state index in [4.69, 9.17) is 0 Å². The summed E-state index contributed by atoms with van der Waals surface area (Å²) in [6, 6.07) is 18.5. The first-order valence-corrected chi connectivity index (χ1v) is 10.5. The van der Waals surface area contributed by atoms with Crippen LogP contribution in [0.15, 0.2) is 65.8 Å². The summed E-state index contributed by atoms with van der Waals surface area (Å²) in [5.74, 6) is -0.143. The number of fused-ring (bicyclic) bond motifs is 1. The molecule has 3 aromatic rings. The van der Waals surface area contributed by atoms with Crippen LogP contribution in [-0.2, 0) is 6.54 Å². The molecule has 1 N–H and O–H groups in total. The number of rotatable bonds is 6. The first kappa shape index (κ1) is 20.0. The molecule has 2 aromatic carbocycles. The van der Waals surface area contributed by atoms with Gasteiger partial charge >= 0.3 is 0 Å². The molecule has 1 aliphatic heterocycles. The highest BCUT2D eigenvalue weighted by atomic mass is 16.1. The van der Waals surface area contributed by atoms with Gasteiger partial charge in [-0.1, -0.05) is 55.3 Å². The highest BCUT2D eigenvalue weighted by Crippen LogP contribution is 2.27. The van der Waals surface area contributed by atoms with Crippen molar-refractivity contribution in [1.29, 1.82) is 0 Å². The second-order valence-corrected chi connectivity index (χ2v) is 7.93. The molecule has 0 bridgehead atoms. The number of carbonyl (C=O) groups excluding carboxylic acids is 1. The topological polar surface area (TPSA) is 54.4 Å². The summed E-state index contributed by atoms with van der Waals surface area (Å²) in [5.41, 5.74) is 8.34. The summed E-state index contributed by atoms with van der Waals surface area (Å²) in [4.78, 5) is 21.9. The molecule has 0 saturated heterocycles. The van der Waals surface area contributed by atoms with Gasteiger partial charge in [-0.25, -0.2) is 0 Å². The van der Waals surface area contributed by atoms with Crippen LogP contribution in [0.25, 0.3) is 11.1 Å². The quantitative estimate of drug-likeness (QED) is 0.584. The van der Waals surface area contributed by atoms with E-state index in [0.29, 0.717) is 5.69 Å². The predicted molar refractivity (Wildman–Crippen MR) is 122 cm³/mol. The molecule has 4 rings (SSSR count). The second-order valence-electron chi connectivity index (χ2n) is 7.93. The lowest BCUT2D eigenvalue weighted by Gasteiger charge is -2.19. The van der Waals surface area contributed by atoms with Gasteiger partial charge in [-0.15, -0.1) is 0 Å². The minimum atomic E-state index is -0.143. The largest absolute Gasteiger partial charge is 0.344 e. The first-order chi connectivity index (χ1) is 14.5. The molecule has 1 unspecified atom stereocenters. The zero-order valence-corrected chi connectivity index (χ0v) is 17.8. The number of aryl methyl sites for hydroxylation is 1. The number of aromatic nitrogens is 1. The first-order valence-electron chi connectivity index (χ1n) is 10.5. The third-order valence-electron chi connectivity index (χ3n) is 5.64. The molecular formula is C26H27N3O.